The van der Waals surface area contributed by atoms with Gasteiger partial charge in [-0.25, -0.2) is 4.98 Å². The van der Waals surface area contributed by atoms with E-state index in [0.717, 1.165) is 34.2 Å². The van der Waals surface area contributed by atoms with Crippen molar-refractivity contribution in [1.29, 1.82) is 0 Å². The van der Waals surface area contributed by atoms with Crippen molar-refractivity contribution in [2.75, 3.05) is 5.32 Å². The zero-order valence-corrected chi connectivity index (χ0v) is 14.1. The molecule has 2 aromatic heterocycles. The zero-order chi connectivity index (χ0) is 17.2. The number of alkyl halides is 3. The van der Waals surface area contributed by atoms with Crippen LogP contribution in [0.5, 0.6) is 0 Å². The lowest BCUT2D eigenvalue weighted by molar-refractivity contribution is -0.138. The van der Waals surface area contributed by atoms with Crippen molar-refractivity contribution < 1.29 is 13.2 Å². The SMILES string of the molecule is Cc1cc(Sc2cncc(C(F)(F)F)c2)c(C)nc1NC(C)C. The number of hydrogen-bond acceptors (Lipinski definition) is 4. The third kappa shape index (κ3) is 4.60. The van der Waals surface area contributed by atoms with Gasteiger partial charge in [0.15, 0.2) is 0 Å². The molecule has 0 unspecified atom stereocenters. The molecule has 0 fully saturated rings. The van der Waals surface area contributed by atoms with E-state index in [1.165, 1.54) is 18.0 Å². The second kappa shape index (κ2) is 6.78. The molecule has 0 radical (unpaired) electrons. The summed E-state index contributed by atoms with van der Waals surface area (Å²) in [5.74, 6) is 0.795. The molecule has 0 amide bonds. The molecular weight excluding hydrogens is 323 g/mol. The Morgan fingerprint density at radius 1 is 1.13 bits per heavy atom. The summed E-state index contributed by atoms with van der Waals surface area (Å²) >= 11 is 1.23. The number of aryl methyl sites for hydroxylation is 2. The van der Waals surface area contributed by atoms with Gasteiger partial charge in [0.25, 0.3) is 0 Å². The van der Waals surface area contributed by atoms with Crippen LogP contribution in [-0.2, 0) is 6.18 Å². The highest BCUT2D eigenvalue weighted by Gasteiger charge is 2.31. The van der Waals surface area contributed by atoms with E-state index in [1.54, 1.807) is 0 Å². The van der Waals surface area contributed by atoms with Crippen LogP contribution in [0.25, 0.3) is 0 Å². The fourth-order valence-corrected chi connectivity index (χ4v) is 2.94. The van der Waals surface area contributed by atoms with E-state index in [0.29, 0.717) is 4.90 Å². The molecule has 1 N–H and O–H groups in total. The first kappa shape index (κ1) is 17.6. The van der Waals surface area contributed by atoms with E-state index >= 15 is 0 Å². The van der Waals surface area contributed by atoms with Crippen LogP contribution >= 0.6 is 11.8 Å². The molecule has 0 aliphatic rings. The van der Waals surface area contributed by atoms with Gasteiger partial charge in [-0.1, -0.05) is 11.8 Å². The lowest BCUT2D eigenvalue weighted by atomic mass is 10.2. The maximum Gasteiger partial charge on any atom is 0.417 e. The Hall–Kier alpha value is -1.76. The maximum atomic E-state index is 12.8. The number of halogens is 3. The van der Waals surface area contributed by atoms with Crippen LogP contribution in [0.4, 0.5) is 19.0 Å². The highest BCUT2D eigenvalue weighted by atomic mass is 32.2. The molecule has 0 saturated heterocycles. The van der Waals surface area contributed by atoms with Gasteiger partial charge in [-0.3, -0.25) is 4.98 Å². The van der Waals surface area contributed by atoms with Crippen LogP contribution < -0.4 is 5.32 Å². The molecule has 23 heavy (non-hydrogen) atoms. The van der Waals surface area contributed by atoms with Crippen LogP contribution in [0.2, 0.25) is 0 Å². The van der Waals surface area contributed by atoms with E-state index in [1.807, 2.05) is 33.8 Å². The number of nitrogens with one attached hydrogen (secondary N) is 1. The first-order chi connectivity index (χ1) is 10.7. The van der Waals surface area contributed by atoms with E-state index in [-0.39, 0.29) is 6.04 Å². The number of nitrogens with zero attached hydrogens (tertiary/aromatic N) is 2. The van der Waals surface area contributed by atoms with Crippen molar-refractivity contribution in [2.45, 2.75) is 49.7 Å². The van der Waals surface area contributed by atoms with E-state index in [9.17, 15) is 13.2 Å². The van der Waals surface area contributed by atoms with Crippen molar-refractivity contribution in [3.05, 3.63) is 41.3 Å². The van der Waals surface area contributed by atoms with Gasteiger partial charge in [0.1, 0.15) is 5.82 Å². The number of rotatable bonds is 4. The Morgan fingerprint density at radius 3 is 2.43 bits per heavy atom. The molecule has 0 aromatic carbocycles. The van der Waals surface area contributed by atoms with Crippen LogP contribution in [0.1, 0.15) is 30.7 Å². The van der Waals surface area contributed by atoms with Crippen molar-refractivity contribution in [2.24, 2.45) is 0 Å². The van der Waals surface area contributed by atoms with Gasteiger partial charge < -0.3 is 5.32 Å². The number of anilines is 1. The van der Waals surface area contributed by atoms with E-state index in [4.69, 9.17) is 0 Å². The molecule has 7 heteroatoms. The minimum atomic E-state index is -4.39. The van der Waals surface area contributed by atoms with Crippen LogP contribution in [-0.4, -0.2) is 16.0 Å². The molecule has 0 spiro atoms. The van der Waals surface area contributed by atoms with Crippen LogP contribution in [0.15, 0.2) is 34.3 Å². The Bertz CT molecular complexity index is 699. The first-order valence-corrected chi connectivity index (χ1v) is 7.93. The third-order valence-corrected chi connectivity index (χ3v) is 4.14. The van der Waals surface area contributed by atoms with Crippen molar-refractivity contribution in [3.8, 4) is 0 Å². The first-order valence-electron chi connectivity index (χ1n) is 7.11. The molecule has 0 atom stereocenters. The monoisotopic (exact) mass is 341 g/mol. The Kier molecular flexibility index (Phi) is 5.19. The van der Waals surface area contributed by atoms with Gasteiger partial charge in [-0.05, 0) is 45.4 Å². The van der Waals surface area contributed by atoms with Crippen LogP contribution in [0.3, 0.4) is 0 Å². The van der Waals surface area contributed by atoms with Gasteiger partial charge in [-0.15, -0.1) is 0 Å². The largest absolute Gasteiger partial charge is 0.417 e. The fourth-order valence-electron chi connectivity index (χ4n) is 1.96. The lowest BCUT2D eigenvalue weighted by Gasteiger charge is -2.15. The number of aromatic nitrogens is 2. The zero-order valence-electron chi connectivity index (χ0n) is 13.3. The Balaban J connectivity index is 2.29. The molecule has 2 aromatic rings. The predicted molar refractivity (Wildman–Crippen MR) is 85.8 cm³/mol. The predicted octanol–water partition coefficient (Wildman–Crippen LogP) is 5.08. The summed E-state index contributed by atoms with van der Waals surface area (Å²) < 4.78 is 38.3. The Morgan fingerprint density at radius 2 is 1.83 bits per heavy atom. The Labute approximate surface area is 137 Å². The molecule has 2 heterocycles. The van der Waals surface area contributed by atoms with Gasteiger partial charge in [0.05, 0.1) is 11.3 Å². The average molecular weight is 341 g/mol. The summed E-state index contributed by atoms with van der Waals surface area (Å²) in [5, 5.41) is 3.25. The molecular formula is C16H18F3N3S. The third-order valence-electron chi connectivity index (χ3n) is 3.05. The summed E-state index contributed by atoms with van der Waals surface area (Å²) in [6, 6.07) is 3.29. The second-order valence-corrected chi connectivity index (χ2v) is 6.66. The summed E-state index contributed by atoms with van der Waals surface area (Å²) in [6.45, 7) is 7.81. The average Bonchev–Trinajstić information content (AvgIpc) is 2.43. The highest BCUT2D eigenvalue weighted by Crippen LogP contribution is 2.35. The van der Waals surface area contributed by atoms with Crippen molar-refractivity contribution in [1.82, 2.24) is 9.97 Å². The molecule has 2 rings (SSSR count). The molecule has 0 aliphatic heterocycles. The number of hydrogen-bond donors (Lipinski definition) is 1. The van der Waals surface area contributed by atoms with Crippen molar-refractivity contribution >= 4 is 17.6 Å². The van der Waals surface area contributed by atoms with E-state index < -0.39 is 11.7 Å². The molecule has 0 aliphatic carbocycles. The normalized spacial score (nSPS) is 11.8. The minimum Gasteiger partial charge on any atom is -0.368 e. The van der Waals surface area contributed by atoms with Gasteiger partial charge in [0.2, 0.25) is 0 Å². The number of pyridine rings is 2. The maximum absolute atomic E-state index is 12.8. The van der Waals surface area contributed by atoms with Gasteiger partial charge in [0, 0.05) is 28.2 Å². The van der Waals surface area contributed by atoms with Crippen molar-refractivity contribution in [3.63, 3.8) is 0 Å². The highest BCUT2D eigenvalue weighted by molar-refractivity contribution is 7.99. The second-order valence-electron chi connectivity index (χ2n) is 5.55. The minimum absolute atomic E-state index is 0.256. The lowest BCUT2D eigenvalue weighted by Crippen LogP contribution is -2.12. The summed E-state index contributed by atoms with van der Waals surface area (Å²) in [4.78, 5) is 9.44. The summed E-state index contributed by atoms with van der Waals surface area (Å²) in [5.41, 5.74) is 0.968. The van der Waals surface area contributed by atoms with Crippen LogP contribution in [0, 0.1) is 13.8 Å². The smallest absolute Gasteiger partial charge is 0.368 e. The summed E-state index contributed by atoms with van der Waals surface area (Å²) in [7, 11) is 0. The quantitative estimate of drug-likeness (QED) is 0.841. The van der Waals surface area contributed by atoms with E-state index in [2.05, 4.69) is 15.3 Å². The summed E-state index contributed by atoms with van der Waals surface area (Å²) in [6.07, 6.45) is -2.14. The molecule has 124 valence electrons. The molecule has 0 bridgehead atoms. The van der Waals surface area contributed by atoms with Gasteiger partial charge in [-0.2, -0.15) is 13.2 Å². The topological polar surface area (TPSA) is 37.8 Å². The molecule has 3 nitrogen and oxygen atoms in total. The standard InChI is InChI=1S/C16H18F3N3S/c1-9(2)21-15-10(3)5-14(11(4)22-15)23-13-6-12(7-20-8-13)16(17,18)19/h5-9H,1-4H3,(H,21,22). The fraction of sp³-hybridized carbons (Fsp3) is 0.375. The molecule has 0 saturated carbocycles. The van der Waals surface area contributed by atoms with Gasteiger partial charge >= 0.3 is 6.18 Å².